The summed E-state index contributed by atoms with van der Waals surface area (Å²) in [6.45, 7) is 3.88. The molecule has 0 radical (unpaired) electrons. The monoisotopic (exact) mass is 252 g/mol. The van der Waals surface area contributed by atoms with Gasteiger partial charge < -0.3 is 9.84 Å². The lowest BCUT2D eigenvalue weighted by Crippen LogP contribution is -2.34. The molecule has 0 bridgehead atoms. The molecular weight excluding hydrogens is 236 g/mol. The van der Waals surface area contributed by atoms with E-state index in [-0.39, 0.29) is 6.61 Å². The zero-order chi connectivity index (χ0) is 13.3. The van der Waals surface area contributed by atoms with Gasteiger partial charge in [0.25, 0.3) is 0 Å². The molecule has 0 aromatic heterocycles. The zero-order valence-electron chi connectivity index (χ0n) is 10.7. The van der Waals surface area contributed by atoms with Gasteiger partial charge in [0.15, 0.2) is 0 Å². The van der Waals surface area contributed by atoms with E-state index in [0.29, 0.717) is 6.42 Å². The third-order valence-electron chi connectivity index (χ3n) is 3.79. The summed E-state index contributed by atoms with van der Waals surface area (Å²) < 4.78 is 5.94. The Balaban J connectivity index is 2.29. The molecule has 0 fully saturated rings. The van der Waals surface area contributed by atoms with Crippen LogP contribution in [-0.4, -0.2) is 11.7 Å². The van der Waals surface area contributed by atoms with E-state index in [9.17, 15) is 5.11 Å². The first-order valence-corrected chi connectivity index (χ1v) is 6.40. The van der Waals surface area contributed by atoms with Crippen molar-refractivity contribution in [3.05, 3.63) is 72.3 Å². The molecule has 0 spiro atoms. The quantitative estimate of drug-likeness (QED) is 0.845. The van der Waals surface area contributed by atoms with Crippen molar-refractivity contribution in [1.82, 2.24) is 0 Å². The molecule has 0 atom stereocenters. The fraction of sp³-hybridized carbons (Fsp3) is 0.176. The summed E-state index contributed by atoms with van der Waals surface area (Å²) in [7, 11) is 0. The lowest BCUT2D eigenvalue weighted by molar-refractivity contribution is 0.209. The van der Waals surface area contributed by atoms with Gasteiger partial charge in [-0.15, -0.1) is 6.58 Å². The lowest BCUT2D eigenvalue weighted by Gasteiger charge is -2.38. The second-order valence-corrected chi connectivity index (χ2v) is 4.83. The first-order valence-electron chi connectivity index (χ1n) is 6.40. The van der Waals surface area contributed by atoms with Crippen LogP contribution in [-0.2, 0) is 5.41 Å². The molecule has 0 aliphatic carbocycles. The number of fused-ring (bicyclic) bond motifs is 2. The van der Waals surface area contributed by atoms with E-state index < -0.39 is 5.41 Å². The molecule has 0 amide bonds. The second kappa shape index (κ2) is 4.56. The highest BCUT2D eigenvalue weighted by atomic mass is 16.5. The summed E-state index contributed by atoms with van der Waals surface area (Å²) in [6.07, 6.45) is 2.54. The first kappa shape index (κ1) is 12.0. The van der Waals surface area contributed by atoms with E-state index in [2.05, 4.69) is 6.58 Å². The molecule has 1 heterocycles. The third kappa shape index (κ3) is 1.68. The maximum atomic E-state index is 10.1. The minimum absolute atomic E-state index is 0.0381. The van der Waals surface area contributed by atoms with E-state index >= 15 is 0 Å². The van der Waals surface area contributed by atoms with Crippen molar-refractivity contribution in [3.8, 4) is 11.5 Å². The molecular formula is C17H16O2. The van der Waals surface area contributed by atoms with Crippen molar-refractivity contribution >= 4 is 0 Å². The summed E-state index contributed by atoms with van der Waals surface area (Å²) >= 11 is 0. The SMILES string of the molecule is C=CCC1(CO)c2ccccc2Oc2ccccc21. The number of ether oxygens (including phenoxy) is 1. The molecule has 0 saturated carbocycles. The molecule has 1 aliphatic rings. The van der Waals surface area contributed by atoms with Crippen molar-refractivity contribution in [2.24, 2.45) is 0 Å². The summed E-state index contributed by atoms with van der Waals surface area (Å²) in [5.74, 6) is 1.63. The molecule has 1 N–H and O–H groups in total. The summed E-state index contributed by atoms with van der Waals surface area (Å²) in [6, 6.07) is 15.8. The number of aliphatic hydroxyl groups is 1. The van der Waals surface area contributed by atoms with Gasteiger partial charge in [0.2, 0.25) is 0 Å². The van der Waals surface area contributed by atoms with Crippen LogP contribution in [0.2, 0.25) is 0 Å². The van der Waals surface area contributed by atoms with Crippen LogP contribution >= 0.6 is 0 Å². The Morgan fingerprint density at radius 1 is 1.00 bits per heavy atom. The molecule has 1 aliphatic heterocycles. The second-order valence-electron chi connectivity index (χ2n) is 4.83. The molecule has 96 valence electrons. The average molecular weight is 252 g/mol. The van der Waals surface area contributed by atoms with Gasteiger partial charge in [-0.05, 0) is 18.6 Å². The van der Waals surface area contributed by atoms with Crippen LogP contribution in [0.1, 0.15) is 17.5 Å². The number of aliphatic hydroxyl groups excluding tert-OH is 1. The fourth-order valence-electron chi connectivity index (χ4n) is 2.87. The molecule has 0 unspecified atom stereocenters. The number of rotatable bonds is 3. The predicted octanol–water partition coefficient (Wildman–Crippen LogP) is 3.65. The molecule has 2 aromatic carbocycles. The maximum Gasteiger partial charge on any atom is 0.131 e. The Hall–Kier alpha value is -2.06. The molecule has 2 nitrogen and oxygen atoms in total. The third-order valence-corrected chi connectivity index (χ3v) is 3.79. The summed E-state index contributed by atoms with van der Waals surface area (Å²) in [4.78, 5) is 0. The van der Waals surface area contributed by atoms with Crippen LogP contribution in [0, 0.1) is 0 Å². The first-order chi connectivity index (χ1) is 9.31. The van der Waals surface area contributed by atoms with Gasteiger partial charge in [0, 0.05) is 11.1 Å². The van der Waals surface area contributed by atoms with Gasteiger partial charge in [-0.3, -0.25) is 0 Å². The van der Waals surface area contributed by atoms with Crippen molar-refractivity contribution in [3.63, 3.8) is 0 Å². The molecule has 3 rings (SSSR count). The van der Waals surface area contributed by atoms with Gasteiger partial charge >= 0.3 is 0 Å². The van der Waals surface area contributed by atoms with Crippen LogP contribution in [0.15, 0.2) is 61.2 Å². The van der Waals surface area contributed by atoms with E-state index in [1.807, 2.05) is 54.6 Å². The topological polar surface area (TPSA) is 29.5 Å². The largest absolute Gasteiger partial charge is 0.457 e. The van der Waals surface area contributed by atoms with Gasteiger partial charge in [-0.1, -0.05) is 42.5 Å². The van der Waals surface area contributed by atoms with Gasteiger partial charge in [-0.25, -0.2) is 0 Å². The molecule has 0 saturated heterocycles. The zero-order valence-corrected chi connectivity index (χ0v) is 10.7. The minimum Gasteiger partial charge on any atom is -0.457 e. The van der Waals surface area contributed by atoms with Crippen LogP contribution in [0.3, 0.4) is 0 Å². The van der Waals surface area contributed by atoms with Gasteiger partial charge in [-0.2, -0.15) is 0 Å². The molecule has 19 heavy (non-hydrogen) atoms. The minimum atomic E-state index is -0.451. The lowest BCUT2D eigenvalue weighted by atomic mass is 9.71. The highest BCUT2D eigenvalue weighted by Crippen LogP contribution is 2.49. The Morgan fingerprint density at radius 2 is 1.53 bits per heavy atom. The Morgan fingerprint density at radius 3 is 2.00 bits per heavy atom. The number of benzene rings is 2. The smallest absolute Gasteiger partial charge is 0.131 e. The number of allylic oxidation sites excluding steroid dienone is 1. The van der Waals surface area contributed by atoms with Crippen molar-refractivity contribution < 1.29 is 9.84 Å². The average Bonchev–Trinajstić information content (AvgIpc) is 2.47. The standard InChI is InChI=1S/C17H16O2/c1-2-11-17(12-18)13-7-3-5-9-15(13)19-16-10-6-4-8-14(16)17/h2-10,18H,1,11-12H2. The Bertz CT molecular complexity index is 571. The van der Waals surface area contributed by atoms with E-state index in [4.69, 9.17) is 4.74 Å². The fourth-order valence-corrected chi connectivity index (χ4v) is 2.87. The summed E-state index contributed by atoms with van der Waals surface area (Å²) in [5.41, 5.74) is 1.60. The van der Waals surface area contributed by atoms with Crippen molar-refractivity contribution in [1.29, 1.82) is 0 Å². The predicted molar refractivity (Wildman–Crippen MR) is 75.6 cm³/mol. The number of hydrogen-bond acceptors (Lipinski definition) is 2. The summed E-state index contributed by atoms with van der Waals surface area (Å²) in [5, 5.41) is 10.1. The molecule has 2 heteroatoms. The highest BCUT2D eigenvalue weighted by molar-refractivity contribution is 5.57. The molecule has 2 aromatic rings. The van der Waals surface area contributed by atoms with Crippen LogP contribution in [0.5, 0.6) is 11.5 Å². The van der Waals surface area contributed by atoms with Gasteiger partial charge in [0.1, 0.15) is 11.5 Å². The van der Waals surface area contributed by atoms with Crippen molar-refractivity contribution in [2.45, 2.75) is 11.8 Å². The Kier molecular flexibility index (Phi) is 2.88. The van der Waals surface area contributed by atoms with Gasteiger partial charge in [0.05, 0.1) is 12.0 Å². The van der Waals surface area contributed by atoms with E-state index in [0.717, 1.165) is 22.6 Å². The van der Waals surface area contributed by atoms with Crippen LogP contribution in [0.4, 0.5) is 0 Å². The number of para-hydroxylation sites is 2. The van der Waals surface area contributed by atoms with E-state index in [1.54, 1.807) is 0 Å². The van der Waals surface area contributed by atoms with Crippen molar-refractivity contribution in [2.75, 3.05) is 6.61 Å². The normalized spacial score (nSPS) is 15.0. The van der Waals surface area contributed by atoms with Crippen LogP contribution in [0.25, 0.3) is 0 Å². The number of hydrogen-bond donors (Lipinski definition) is 1. The van der Waals surface area contributed by atoms with E-state index in [1.165, 1.54) is 0 Å². The maximum absolute atomic E-state index is 10.1. The van der Waals surface area contributed by atoms with Crippen LogP contribution < -0.4 is 4.74 Å². The highest BCUT2D eigenvalue weighted by Gasteiger charge is 2.40. The Labute approximate surface area is 113 Å².